The van der Waals surface area contributed by atoms with Crippen LogP contribution in [0.3, 0.4) is 0 Å². The van der Waals surface area contributed by atoms with Crippen molar-refractivity contribution < 1.29 is 28.5 Å². The Bertz CT molecular complexity index is 1250. The summed E-state index contributed by atoms with van der Waals surface area (Å²) in [6.45, 7) is 5.91. The van der Waals surface area contributed by atoms with Crippen LogP contribution >= 0.6 is 0 Å². The fourth-order valence-electron chi connectivity index (χ4n) is 3.23. The van der Waals surface area contributed by atoms with Crippen LogP contribution in [0.1, 0.15) is 47.8 Å². The number of esters is 1. The molecule has 0 bridgehead atoms. The van der Waals surface area contributed by atoms with Gasteiger partial charge in [0.2, 0.25) is 0 Å². The molecule has 37 heavy (non-hydrogen) atoms. The summed E-state index contributed by atoms with van der Waals surface area (Å²) >= 11 is 0. The first-order valence-corrected chi connectivity index (χ1v) is 11.8. The number of hydrogen-bond donors (Lipinski definition) is 1. The SMILES string of the molecule is COC(=O)c1cc(OCc2ccccc2)cc(OCc2ccccc2)c1C#CCNC(=O)OC(C)(C)C. The van der Waals surface area contributed by atoms with E-state index in [9.17, 15) is 9.59 Å². The van der Waals surface area contributed by atoms with Gasteiger partial charge >= 0.3 is 12.1 Å². The molecule has 7 nitrogen and oxygen atoms in total. The van der Waals surface area contributed by atoms with Gasteiger partial charge in [0.1, 0.15) is 30.3 Å². The van der Waals surface area contributed by atoms with Gasteiger partial charge in [0, 0.05) is 6.07 Å². The lowest BCUT2D eigenvalue weighted by atomic mass is 10.1. The van der Waals surface area contributed by atoms with Crippen molar-refractivity contribution in [1.29, 1.82) is 0 Å². The molecule has 0 heterocycles. The van der Waals surface area contributed by atoms with Gasteiger partial charge in [-0.15, -0.1) is 0 Å². The second kappa shape index (κ2) is 13.0. The van der Waals surface area contributed by atoms with E-state index in [1.54, 1.807) is 32.9 Å². The van der Waals surface area contributed by atoms with E-state index in [0.717, 1.165) is 11.1 Å². The van der Waals surface area contributed by atoms with Crippen LogP contribution in [-0.2, 0) is 22.7 Å². The van der Waals surface area contributed by atoms with E-state index in [1.807, 2.05) is 60.7 Å². The Hall–Kier alpha value is -4.44. The van der Waals surface area contributed by atoms with Crippen LogP contribution in [0.5, 0.6) is 11.5 Å². The number of rotatable bonds is 8. The number of methoxy groups -OCH3 is 1. The molecular formula is C30H31NO6. The average molecular weight is 502 g/mol. The molecule has 0 aromatic heterocycles. The molecule has 0 aliphatic rings. The first-order chi connectivity index (χ1) is 17.7. The molecule has 0 saturated carbocycles. The van der Waals surface area contributed by atoms with E-state index in [-0.39, 0.29) is 18.7 Å². The zero-order valence-corrected chi connectivity index (χ0v) is 21.5. The van der Waals surface area contributed by atoms with Crippen LogP contribution in [0.2, 0.25) is 0 Å². The molecule has 0 atom stereocenters. The summed E-state index contributed by atoms with van der Waals surface area (Å²) in [4.78, 5) is 24.6. The second-order valence-corrected chi connectivity index (χ2v) is 9.04. The third kappa shape index (κ3) is 8.93. The summed E-state index contributed by atoms with van der Waals surface area (Å²) in [5.41, 5.74) is 1.83. The highest BCUT2D eigenvalue weighted by molar-refractivity contribution is 5.94. The molecule has 0 spiro atoms. The van der Waals surface area contributed by atoms with Gasteiger partial charge in [-0.05, 0) is 38.0 Å². The maximum absolute atomic E-state index is 12.7. The van der Waals surface area contributed by atoms with Crippen molar-refractivity contribution in [2.45, 2.75) is 39.6 Å². The van der Waals surface area contributed by atoms with Crippen molar-refractivity contribution in [3.63, 3.8) is 0 Å². The molecule has 0 aliphatic heterocycles. The van der Waals surface area contributed by atoms with E-state index >= 15 is 0 Å². The van der Waals surface area contributed by atoms with E-state index in [4.69, 9.17) is 18.9 Å². The molecule has 192 valence electrons. The van der Waals surface area contributed by atoms with Gasteiger partial charge in [-0.2, -0.15) is 0 Å². The van der Waals surface area contributed by atoms with Crippen molar-refractivity contribution in [3.05, 3.63) is 95.1 Å². The molecule has 3 aromatic carbocycles. The summed E-state index contributed by atoms with van der Waals surface area (Å²) in [5.74, 6) is 6.03. The van der Waals surface area contributed by atoms with Crippen molar-refractivity contribution in [2.75, 3.05) is 13.7 Å². The minimum Gasteiger partial charge on any atom is -0.489 e. The highest BCUT2D eigenvalue weighted by atomic mass is 16.6. The molecule has 0 radical (unpaired) electrons. The topological polar surface area (TPSA) is 83.1 Å². The minimum absolute atomic E-state index is 0.0138. The Morgan fingerprint density at radius 3 is 2.03 bits per heavy atom. The number of ether oxygens (including phenoxy) is 4. The fourth-order valence-corrected chi connectivity index (χ4v) is 3.23. The molecule has 7 heteroatoms. The highest BCUT2D eigenvalue weighted by Gasteiger charge is 2.19. The Kier molecular flexibility index (Phi) is 9.56. The van der Waals surface area contributed by atoms with Crippen molar-refractivity contribution in [3.8, 4) is 23.3 Å². The van der Waals surface area contributed by atoms with Gasteiger partial charge in [0.25, 0.3) is 0 Å². The van der Waals surface area contributed by atoms with Gasteiger partial charge in [0.15, 0.2) is 0 Å². The quantitative estimate of drug-likeness (QED) is 0.324. The zero-order valence-electron chi connectivity index (χ0n) is 21.5. The van der Waals surface area contributed by atoms with Gasteiger partial charge < -0.3 is 24.3 Å². The van der Waals surface area contributed by atoms with Crippen LogP contribution in [0.4, 0.5) is 4.79 Å². The van der Waals surface area contributed by atoms with Crippen molar-refractivity contribution >= 4 is 12.1 Å². The average Bonchev–Trinajstić information content (AvgIpc) is 2.88. The summed E-state index contributed by atoms with van der Waals surface area (Å²) in [6.07, 6.45) is -0.583. The summed E-state index contributed by atoms with van der Waals surface area (Å²) in [7, 11) is 1.30. The normalized spacial score (nSPS) is 10.5. The van der Waals surface area contributed by atoms with E-state index in [1.165, 1.54) is 7.11 Å². The van der Waals surface area contributed by atoms with E-state index < -0.39 is 17.7 Å². The largest absolute Gasteiger partial charge is 0.489 e. The molecule has 3 aromatic rings. The second-order valence-electron chi connectivity index (χ2n) is 9.04. The first kappa shape index (κ1) is 27.2. The predicted octanol–water partition coefficient (Wildman–Crippen LogP) is 5.51. The molecule has 0 fully saturated rings. The van der Waals surface area contributed by atoms with Crippen LogP contribution < -0.4 is 14.8 Å². The summed E-state index contributed by atoms with van der Waals surface area (Å²) < 4.78 is 22.3. The maximum Gasteiger partial charge on any atom is 0.408 e. The standard InChI is InChI=1S/C30H31NO6/c1-30(2,3)37-29(33)31-17-11-16-25-26(28(32)34-4)18-24(35-20-22-12-7-5-8-13-22)19-27(25)36-21-23-14-9-6-10-15-23/h5-10,12-15,18-19H,17,20-21H2,1-4H3,(H,31,33). The Morgan fingerprint density at radius 1 is 0.865 bits per heavy atom. The van der Waals surface area contributed by atoms with E-state index in [2.05, 4.69) is 17.2 Å². The maximum atomic E-state index is 12.7. The lowest BCUT2D eigenvalue weighted by molar-refractivity contribution is 0.0533. The summed E-state index contributed by atoms with van der Waals surface area (Å²) in [6, 6.07) is 22.6. The number of hydrogen-bond acceptors (Lipinski definition) is 6. The van der Waals surface area contributed by atoms with Gasteiger partial charge in [-0.3, -0.25) is 0 Å². The molecule has 0 unspecified atom stereocenters. The molecule has 3 rings (SSSR count). The first-order valence-electron chi connectivity index (χ1n) is 11.8. The number of carbonyl (C=O) groups excluding carboxylic acids is 2. The fraction of sp³-hybridized carbons (Fsp3) is 0.267. The molecule has 1 N–H and O–H groups in total. The molecule has 1 amide bonds. The highest BCUT2D eigenvalue weighted by Crippen LogP contribution is 2.30. The lowest BCUT2D eigenvalue weighted by Crippen LogP contribution is -2.32. The Labute approximate surface area is 217 Å². The zero-order chi connectivity index (χ0) is 26.7. The van der Waals surface area contributed by atoms with E-state index in [0.29, 0.717) is 23.7 Å². The van der Waals surface area contributed by atoms with Crippen LogP contribution in [0.25, 0.3) is 0 Å². The Balaban J connectivity index is 1.89. The van der Waals surface area contributed by atoms with Crippen molar-refractivity contribution in [2.24, 2.45) is 0 Å². The number of benzene rings is 3. The predicted molar refractivity (Wildman–Crippen MR) is 140 cm³/mol. The third-order valence-electron chi connectivity index (χ3n) is 4.90. The van der Waals surface area contributed by atoms with Gasteiger partial charge in [0.05, 0.1) is 24.8 Å². The monoisotopic (exact) mass is 501 g/mol. The summed E-state index contributed by atoms with van der Waals surface area (Å²) in [5, 5.41) is 2.58. The Morgan fingerprint density at radius 2 is 1.46 bits per heavy atom. The van der Waals surface area contributed by atoms with Crippen LogP contribution in [0.15, 0.2) is 72.8 Å². The molecule has 0 aliphatic carbocycles. The molecule has 0 saturated heterocycles. The van der Waals surface area contributed by atoms with Gasteiger partial charge in [-0.25, -0.2) is 9.59 Å². The smallest absolute Gasteiger partial charge is 0.408 e. The lowest BCUT2D eigenvalue weighted by Gasteiger charge is -2.19. The van der Waals surface area contributed by atoms with Crippen LogP contribution in [0, 0.1) is 11.8 Å². The molecular weight excluding hydrogens is 470 g/mol. The number of carbonyl (C=O) groups is 2. The van der Waals surface area contributed by atoms with Gasteiger partial charge in [-0.1, -0.05) is 72.5 Å². The van der Waals surface area contributed by atoms with Crippen LogP contribution in [-0.4, -0.2) is 31.3 Å². The third-order valence-corrected chi connectivity index (χ3v) is 4.90. The number of amides is 1. The van der Waals surface area contributed by atoms with Crippen molar-refractivity contribution in [1.82, 2.24) is 5.32 Å². The number of alkyl carbamates (subject to hydrolysis) is 1. The minimum atomic E-state index is -0.621. The number of nitrogens with one attached hydrogen (secondary N) is 1.